The smallest absolute Gasteiger partial charge is 0.349 e. The lowest BCUT2D eigenvalue weighted by molar-refractivity contribution is -0.139. The minimum atomic E-state index is -0.712. The molecule has 1 N–H and O–H groups in total. The largest absolute Gasteiger partial charge is 0.455 e. The summed E-state index contributed by atoms with van der Waals surface area (Å²) in [6, 6.07) is 16.7. The average molecular weight is 405 g/mol. The standard InChI is InChI=1S/C21H15N3O4S/c22-10-15(8-14-6-7-18-19(9-14)28-13-27-18)20(25)26-11-17-12-29-21(24-17)23-16-4-2-1-3-5-16/h1-9,12H,11,13H2,(H,23,24)/b15-8+. The van der Waals surface area contributed by atoms with Crippen molar-refractivity contribution in [3.63, 3.8) is 0 Å². The van der Waals surface area contributed by atoms with Crippen molar-refractivity contribution in [3.05, 3.63) is 70.7 Å². The second kappa shape index (κ2) is 8.46. The van der Waals surface area contributed by atoms with E-state index in [1.54, 1.807) is 23.6 Å². The van der Waals surface area contributed by atoms with Crippen LogP contribution in [0.15, 0.2) is 59.5 Å². The lowest BCUT2D eigenvalue weighted by Gasteiger charge is -2.03. The predicted molar refractivity (Wildman–Crippen MR) is 108 cm³/mol. The number of hydrogen-bond acceptors (Lipinski definition) is 8. The second-order valence-electron chi connectivity index (χ2n) is 5.99. The highest BCUT2D eigenvalue weighted by Crippen LogP contribution is 2.33. The molecule has 0 saturated heterocycles. The number of fused-ring (bicyclic) bond motifs is 1. The molecule has 3 aromatic rings. The van der Waals surface area contributed by atoms with Crippen LogP contribution >= 0.6 is 11.3 Å². The third-order valence-electron chi connectivity index (χ3n) is 3.98. The highest BCUT2D eigenvalue weighted by molar-refractivity contribution is 7.13. The molecule has 1 aliphatic rings. The van der Waals surface area contributed by atoms with E-state index in [-0.39, 0.29) is 19.0 Å². The van der Waals surface area contributed by atoms with Crippen LogP contribution < -0.4 is 14.8 Å². The van der Waals surface area contributed by atoms with Gasteiger partial charge in [0.2, 0.25) is 6.79 Å². The number of hydrogen-bond donors (Lipinski definition) is 1. The molecule has 8 heteroatoms. The SMILES string of the molecule is N#C/C(=C\c1ccc2c(c1)OCO2)C(=O)OCc1csc(Nc2ccccc2)n1. The molecule has 144 valence electrons. The Hall–Kier alpha value is -3.83. The van der Waals surface area contributed by atoms with E-state index in [4.69, 9.17) is 14.2 Å². The summed E-state index contributed by atoms with van der Waals surface area (Å²) < 4.78 is 15.8. The molecule has 0 amide bonds. The van der Waals surface area contributed by atoms with Crippen LogP contribution in [-0.4, -0.2) is 17.7 Å². The summed E-state index contributed by atoms with van der Waals surface area (Å²) in [5.74, 6) is 0.493. The number of nitriles is 1. The number of para-hydroxylation sites is 1. The molecule has 2 heterocycles. The Kier molecular flexibility index (Phi) is 5.40. The van der Waals surface area contributed by atoms with E-state index >= 15 is 0 Å². The minimum absolute atomic E-state index is 0.0219. The summed E-state index contributed by atoms with van der Waals surface area (Å²) >= 11 is 1.41. The topological polar surface area (TPSA) is 93.5 Å². The van der Waals surface area contributed by atoms with Gasteiger partial charge in [-0.15, -0.1) is 11.3 Å². The molecule has 0 unspecified atom stereocenters. The summed E-state index contributed by atoms with van der Waals surface area (Å²) in [7, 11) is 0. The van der Waals surface area contributed by atoms with Gasteiger partial charge in [-0.25, -0.2) is 9.78 Å². The van der Waals surface area contributed by atoms with Crippen LogP contribution in [0, 0.1) is 11.3 Å². The van der Waals surface area contributed by atoms with Crippen molar-refractivity contribution in [1.29, 1.82) is 5.26 Å². The van der Waals surface area contributed by atoms with Crippen molar-refractivity contribution < 1.29 is 19.0 Å². The van der Waals surface area contributed by atoms with Gasteiger partial charge in [0.15, 0.2) is 16.6 Å². The molecule has 7 nitrogen and oxygen atoms in total. The highest BCUT2D eigenvalue weighted by Gasteiger charge is 2.15. The van der Waals surface area contributed by atoms with Gasteiger partial charge in [0.1, 0.15) is 18.2 Å². The number of carbonyl (C=O) groups is 1. The van der Waals surface area contributed by atoms with E-state index in [1.165, 1.54) is 17.4 Å². The lowest BCUT2D eigenvalue weighted by Crippen LogP contribution is -2.07. The van der Waals surface area contributed by atoms with Gasteiger partial charge in [-0.05, 0) is 35.9 Å². The maximum absolute atomic E-state index is 12.3. The van der Waals surface area contributed by atoms with E-state index < -0.39 is 5.97 Å². The maximum Gasteiger partial charge on any atom is 0.349 e. The van der Waals surface area contributed by atoms with Crippen LogP contribution in [0.25, 0.3) is 6.08 Å². The van der Waals surface area contributed by atoms with Gasteiger partial charge >= 0.3 is 5.97 Å². The molecule has 0 atom stereocenters. The van der Waals surface area contributed by atoms with Crippen LogP contribution in [0.2, 0.25) is 0 Å². The molecule has 0 radical (unpaired) electrons. The van der Waals surface area contributed by atoms with Crippen molar-refractivity contribution in [1.82, 2.24) is 4.98 Å². The minimum Gasteiger partial charge on any atom is -0.455 e. The Bertz CT molecular complexity index is 1100. The van der Waals surface area contributed by atoms with E-state index in [1.807, 2.05) is 36.4 Å². The molecule has 29 heavy (non-hydrogen) atoms. The molecule has 0 bridgehead atoms. The molecule has 0 fully saturated rings. The van der Waals surface area contributed by atoms with E-state index in [2.05, 4.69) is 10.3 Å². The van der Waals surface area contributed by atoms with E-state index in [0.717, 1.165) is 5.69 Å². The normalized spacial score (nSPS) is 12.3. The monoisotopic (exact) mass is 405 g/mol. The van der Waals surface area contributed by atoms with Gasteiger partial charge in [0.25, 0.3) is 0 Å². The summed E-state index contributed by atoms with van der Waals surface area (Å²) in [5.41, 5.74) is 2.05. The fourth-order valence-corrected chi connectivity index (χ4v) is 3.31. The highest BCUT2D eigenvalue weighted by atomic mass is 32.1. The van der Waals surface area contributed by atoms with Gasteiger partial charge in [-0.3, -0.25) is 0 Å². The number of esters is 1. The summed E-state index contributed by atoms with van der Waals surface area (Å²) in [4.78, 5) is 16.7. The lowest BCUT2D eigenvalue weighted by atomic mass is 10.1. The fourth-order valence-electron chi connectivity index (χ4n) is 2.60. The molecule has 2 aromatic carbocycles. The molecule has 0 spiro atoms. The predicted octanol–water partition coefficient (Wildman–Crippen LogP) is 4.27. The zero-order valence-electron chi connectivity index (χ0n) is 15.1. The number of carbonyl (C=O) groups excluding carboxylic acids is 1. The van der Waals surface area contributed by atoms with Gasteiger partial charge in [-0.1, -0.05) is 24.3 Å². The molecule has 4 rings (SSSR count). The quantitative estimate of drug-likeness (QED) is 0.372. The average Bonchev–Trinajstić information content (AvgIpc) is 3.40. The van der Waals surface area contributed by atoms with Crippen molar-refractivity contribution in [3.8, 4) is 17.6 Å². The van der Waals surface area contributed by atoms with Gasteiger partial charge < -0.3 is 19.5 Å². The molecule has 0 aliphatic carbocycles. The van der Waals surface area contributed by atoms with E-state index in [0.29, 0.717) is 27.9 Å². The van der Waals surface area contributed by atoms with Crippen LogP contribution in [0.3, 0.4) is 0 Å². The Morgan fingerprint density at radius 1 is 1.24 bits per heavy atom. The number of rotatable bonds is 6. The van der Waals surface area contributed by atoms with E-state index in [9.17, 15) is 10.1 Å². The number of anilines is 2. The first-order valence-electron chi connectivity index (χ1n) is 8.66. The fraction of sp³-hybridized carbons (Fsp3) is 0.0952. The van der Waals surface area contributed by atoms with Crippen LogP contribution in [-0.2, 0) is 16.1 Å². The Balaban J connectivity index is 1.38. The summed E-state index contributed by atoms with van der Waals surface area (Å²) in [6.07, 6.45) is 1.45. The number of ether oxygens (including phenoxy) is 3. The zero-order valence-corrected chi connectivity index (χ0v) is 15.9. The summed E-state index contributed by atoms with van der Waals surface area (Å²) in [6.45, 7) is 0.135. The molecular weight excluding hydrogens is 390 g/mol. The Morgan fingerprint density at radius 3 is 2.90 bits per heavy atom. The third-order valence-corrected chi connectivity index (χ3v) is 4.78. The number of benzene rings is 2. The number of thiazole rings is 1. The number of nitrogens with one attached hydrogen (secondary N) is 1. The van der Waals surface area contributed by atoms with Gasteiger partial charge in [0, 0.05) is 11.1 Å². The number of aromatic nitrogens is 1. The molecule has 1 aromatic heterocycles. The Labute approximate surface area is 170 Å². The maximum atomic E-state index is 12.3. The molecule has 0 saturated carbocycles. The summed E-state index contributed by atoms with van der Waals surface area (Å²) in [5, 5.41) is 15.0. The van der Waals surface area contributed by atoms with Gasteiger partial charge in [-0.2, -0.15) is 5.26 Å². The van der Waals surface area contributed by atoms with Crippen molar-refractivity contribution in [2.75, 3.05) is 12.1 Å². The van der Waals surface area contributed by atoms with Crippen molar-refractivity contribution >= 4 is 34.2 Å². The van der Waals surface area contributed by atoms with Crippen molar-refractivity contribution in [2.24, 2.45) is 0 Å². The van der Waals surface area contributed by atoms with Crippen molar-refractivity contribution in [2.45, 2.75) is 6.61 Å². The number of nitrogens with zero attached hydrogens (tertiary/aromatic N) is 2. The second-order valence-corrected chi connectivity index (χ2v) is 6.85. The Morgan fingerprint density at radius 2 is 2.07 bits per heavy atom. The zero-order chi connectivity index (χ0) is 20.1. The first-order valence-corrected chi connectivity index (χ1v) is 9.54. The third kappa shape index (κ3) is 4.54. The van der Waals surface area contributed by atoms with Crippen LogP contribution in [0.5, 0.6) is 11.5 Å². The first-order chi connectivity index (χ1) is 14.2. The van der Waals surface area contributed by atoms with Gasteiger partial charge in [0.05, 0.1) is 5.69 Å². The molecular formula is C21H15N3O4S. The first kappa shape index (κ1) is 18.5. The van der Waals surface area contributed by atoms with Crippen LogP contribution in [0.4, 0.5) is 10.8 Å². The molecule has 1 aliphatic heterocycles. The van der Waals surface area contributed by atoms with Crippen LogP contribution in [0.1, 0.15) is 11.3 Å².